The zero-order valence-corrected chi connectivity index (χ0v) is 9.83. The van der Waals surface area contributed by atoms with Crippen molar-refractivity contribution < 1.29 is 4.79 Å². The molecule has 3 N–H and O–H groups in total. The number of piperidine rings is 1. The molecule has 4 nitrogen and oxygen atoms in total. The van der Waals surface area contributed by atoms with Gasteiger partial charge in [0.15, 0.2) is 0 Å². The van der Waals surface area contributed by atoms with Crippen molar-refractivity contribution in [3.05, 3.63) is 0 Å². The van der Waals surface area contributed by atoms with Crippen LogP contribution >= 0.6 is 0 Å². The van der Waals surface area contributed by atoms with E-state index in [1.165, 1.54) is 6.42 Å². The Morgan fingerprint density at radius 3 is 2.93 bits per heavy atom. The Kier molecular flexibility index (Phi) is 5.05. The number of nitrogens with two attached hydrogens (primary N) is 1. The number of carbonyl (C=O) groups is 1. The van der Waals surface area contributed by atoms with Crippen molar-refractivity contribution in [2.45, 2.75) is 32.2 Å². The maximum Gasteiger partial charge on any atom is 0.224 e. The molecule has 2 unspecified atom stereocenters. The van der Waals surface area contributed by atoms with Gasteiger partial charge in [-0.25, -0.2) is 0 Å². The Bertz CT molecular complexity index is 204. The Morgan fingerprint density at radius 1 is 1.67 bits per heavy atom. The number of hydrogen-bond donors (Lipinski definition) is 2. The molecule has 1 fully saturated rings. The lowest BCUT2D eigenvalue weighted by Gasteiger charge is -2.31. The summed E-state index contributed by atoms with van der Waals surface area (Å²) in [5, 5.41) is 3.09. The number of likely N-dealkylation sites (tertiary alicyclic amines) is 1. The van der Waals surface area contributed by atoms with Crippen LogP contribution in [0.15, 0.2) is 0 Å². The van der Waals surface area contributed by atoms with E-state index in [1.54, 1.807) is 0 Å². The minimum atomic E-state index is -0.0165. The SMILES string of the molecule is CCC(CN)C(=O)NC1CCCN(C)C1. The number of amides is 1. The molecule has 0 aromatic carbocycles. The van der Waals surface area contributed by atoms with Crippen molar-refractivity contribution in [3.63, 3.8) is 0 Å². The average molecular weight is 213 g/mol. The predicted octanol–water partition coefficient (Wildman–Crippen LogP) is 0.182. The number of nitrogens with zero attached hydrogens (tertiary/aromatic N) is 1. The molecule has 1 rings (SSSR count). The van der Waals surface area contributed by atoms with Crippen molar-refractivity contribution in [1.29, 1.82) is 0 Å². The van der Waals surface area contributed by atoms with Gasteiger partial charge < -0.3 is 16.0 Å². The van der Waals surface area contributed by atoms with Crippen LogP contribution in [0.2, 0.25) is 0 Å². The van der Waals surface area contributed by atoms with E-state index in [4.69, 9.17) is 5.73 Å². The molecule has 1 aliphatic rings. The summed E-state index contributed by atoms with van der Waals surface area (Å²) in [7, 11) is 2.10. The lowest BCUT2D eigenvalue weighted by molar-refractivity contribution is -0.125. The van der Waals surface area contributed by atoms with E-state index in [2.05, 4.69) is 17.3 Å². The van der Waals surface area contributed by atoms with Crippen molar-refractivity contribution in [2.75, 3.05) is 26.7 Å². The molecule has 88 valence electrons. The summed E-state index contributed by atoms with van der Waals surface area (Å²) in [6.07, 6.45) is 3.09. The van der Waals surface area contributed by atoms with Crippen LogP contribution in [0.4, 0.5) is 0 Å². The highest BCUT2D eigenvalue weighted by Crippen LogP contribution is 2.09. The van der Waals surface area contributed by atoms with Gasteiger partial charge in [-0.15, -0.1) is 0 Å². The number of hydrogen-bond acceptors (Lipinski definition) is 3. The van der Waals surface area contributed by atoms with Gasteiger partial charge in [0.2, 0.25) is 5.91 Å². The van der Waals surface area contributed by atoms with Gasteiger partial charge in [-0.1, -0.05) is 6.92 Å². The summed E-state index contributed by atoms with van der Waals surface area (Å²) in [6.45, 7) is 4.56. The van der Waals surface area contributed by atoms with Crippen LogP contribution in [-0.4, -0.2) is 43.5 Å². The van der Waals surface area contributed by atoms with Gasteiger partial charge in [-0.2, -0.15) is 0 Å². The molecule has 2 atom stereocenters. The first-order valence-electron chi connectivity index (χ1n) is 5.86. The summed E-state index contributed by atoms with van der Waals surface area (Å²) in [5.74, 6) is 0.109. The first-order chi connectivity index (χ1) is 7.17. The number of rotatable bonds is 4. The molecule has 1 aliphatic heterocycles. The standard InChI is InChI=1S/C11H23N3O/c1-3-9(7-12)11(15)13-10-5-4-6-14(2)8-10/h9-10H,3-8,12H2,1-2H3,(H,13,15). The molecule has 0 radical (unpaired) electrons. The average Bonchev–Trinajstić information content (AvgIpc) is 2.19. The van der Waals surface area contributed by atoms with Crippen molar-refractivity contribution in [3.8, 4) is 0 Å². The van der Waals surface area contributed by atoms with Crippen LogP contribution in [0.25, 0.3) is 0 Å². The van der Waals surface area contributed by atoms with Gasteiger partial charge in [-0.3, -0.25) is 4.79 Å². The minimum absolute atomic E-state index is 0.0165. The lowest BCUT2D eigenvalue weighted by Crippen LogP contribution is -2.48. The maximum atomic E-state index is 11.8. The third kappa shape index (κ3) is 3.80. The molecular weight excluding hydrogens is 190 g/mol. The quantitative estimate of drug-likeness (QED) is 0.700. The van der Waals surface area contributed by atoms with Crippen LogP contribution < -0.4 is 11.1 Å². The highest BCUT2D eigenvalue weighted by molar-refractivity contribution is 5.79. The normalized spacial score (nSPS) is 24.9. The largest absolute Gasteiger partial charge is 0.352 e. The smallest absolute Gasteiger partial charge is 0.224 e. The van der Waals surface area contributed by atoms with Gasteiger partial charge in [0.25, 0.3) is 0 Å². The monoisotopic (exact) mass is 213 g/mol. The number of carbonyl (C=O) groups excluding carboxylic acids is 1. The third-order valence-corrected chi connectivity index (χ3v) is 3.12. The molecule has 15 heavy (non-hydrogen) atoms. The van der Waals surface area contributed by atoms with Crippen LogP contribution in [-0.2, 0) is 4.79 Å². The molecule has 1 amide bonds. The number of nitrogens with one attached hydrogen (secondary N) is 1. The molecule has 0 aromatic rings. The molecule has 0 spiro atoms. The van der Waals surface area contributed by atoms with Crippen LogP contribution in [0.5, 0.6) is 0 Å². The lowest BCUT2D eigenvalue weighted by atomic mass is 10.0. The summed E-state index contributed by atoms with van der Waals surface area (Å²) >= 11 is 0. The summed E-state index contributed by atoms with van der Waals surface area (Å²) in [6, 6.07) is 0.317. The van der Waals surface area contributed by atoms with E-state index in [-0.39, 0.29) is 11.8 Å². The van der Waals surface area contributed by atoms with Crippen molar-refractivity contribution >= 4 is 5.91 Å². The predicted molar refractivity (Wildman–Crippen MR) is 61.5 cm³/mol. The van der Waals surface area contributed by atoms with Gasteiger partial charge in [0.1, 0.15) is 0 Å². The Labute approximate surface area is 92.2 Å². The molecular formula is C11H23N3O. The van der Waals surface area contributed by atoms with E-state index in [9.17, 15) is 4.79 Å². The van der Waals surface area contributed by atoms with E-state index in [1.807, 2.05) is 6.92 Å². The second-order valence-corrected chi connectivity index (χ2v) is 4.45. The zero-order valence-electron chi connectivity index (χ0n) is 9.83. The molecule has 0 saturated carbocycles. The first-order valence-corrected chi connectivity index (χ1v) is 5.86. The molecule has 0 aromatic heterocycles. The van der Waals surface area contributed by atoms with E-state index in [0.29, 0.717) is 12.6 Å². The van der Waals surface area contributed by atoms with Crippen molar-refractivity contribution in [2.24, 2.45) is 11.7 Å². The van der Waals surface area contributed by atoms with Gasteiger partial charge in [0, 0.05) is 25.0 Å². The highest BCUT2D eigenvalue weighted by atomic mass is 16.2. The van der Waals surface area contributed by atoms with Crippen LogP contribution in [0, 0.1) is 5.92 Å². The fraction of sp³-hybridized carbons (Fsp3) is 0.909. The second-order valence-electron chi connectivity index (χ2n) is 4.45. The summed E-state index contributed by atoms with van der Waals surface area (Å²) in [4.78, 5) is 14.0. The zero-order chi connectivity index (χ0) is 11.3. The Morgan fingerprint density at radius 2 is 2.40 bits per heavy atom. The fourth-order valence-electron chi connectivity index (χ4n) is 2.06. The molecule has 1 heterocycles. The van der Waals surface area contributed by atoms with E-state index >= 15 is 0 Å². The van der Waals surface area contributed by atoms with Gasteiger partial charge in [-0.05, 0) is 32.9 Å². The summed E-state index contributed by atoms with van der Waals surface area (Å²) in [5.41, 5.74) is 5.55. The van der Waals surface area contributed by atoms with Crippen molar-refractivity contribution in [1.82, 2.24) is 10.2 Å². The number of likely N-dealkylation sites (N-methyl/N-ethyl adjacent to an activating group) is 1. The van der Waals surface area contributed by atoms with Gasteiger partial charge in [0.05, 0.1) is 0 Å². The molecule has 0 aliphatic carbocycles. The maximum absolute atomic E-state index is 11.8. The molecule has 0 bridgehead atoms. The highest BCUT2D eigenvalue weighted by Gasteiger charge is 2.22. The Balaban J connectivity index is 2.36. The first kappa shape index (κ1) is 12.5. The third-order valence-electron chi connectivity index (χ3n) is 3.12. The summed E-state index contributed by atoms with van der Waals surface area (Å²) < 4.78 is 0. The van der Waals surface area contributed by atoms with Crippen LogP contribution in [0.1, 0.15) is 26.2 Å². The fourth-order valence-corrected chi connectivity index (χ4v) is 2.06. The van der Waals surface area contributed by atoms with Crippen LogP contribution in [0.3, 0.4) is 0 Å². The molecule has 4 heteroatoms. The molecule has 1 saturated heterocycles. The minimum Gasteiger partial charge on any atom is -0.352 e. The second kappa shape index (κ2) is 6.08. The Hall–Kier alpha value is -0.610. The van der Waals surface area contributed by atoms with E-state index in [0.717, 1.165) is 25.9 Å². The topological polar surface area (TPSA) is 58.4 Å². The van der Waals surface area contributed by atoms with E-state index < -0.39 is 0 Å². The van der Waals surface area contributed by atoms with Gasteiger partial charge >= 0.3 is 0 Å².